The van der Waals surface area contributed by atoms with E-state index in [1.165, 1.54) is 36.4 Å². The van der Waals surface area contributed by atoms with Crippen molar-refractivity contribution in [3.05, 3.63) is 81.4 Å². The third-order valence-electron chi connectivity index (χ3n) is 4.55. The lowest BCUT2D eigenvalue weighted by molar-refractivity contribution is 0.512. The first-order valence-corrected chi connectivity index (χ1v) is 11.5. The normalized spacial score (nSPS) is 14.9. The molecule has 1 unspecified atom stereocenters. The topological polar surface area (TPSA) is 41.1 Å². The second-order valence-corrected chi connectivity index (χ2v) is 10.2. The molecule has 0 bridgehead atoms. The largest absolute Gasteiger partial charge is 0.349 e. The molecule has 3 nitrogen and oxygen atoms in total. The number of rotatable bonds is 5. The highest BCUT2D eigenvalue weighted by molar-refractivity contribution is 14.1. The Morgan fingerprint density at radius 3 is 2.20 bits per heavy atom. The lowest BCUT2D eigenvalue weighted by Crippen LogP contribution is -2.19. The molecular weight excluding hydrogens is 531 g/mol. The van der Waals surface area contributed by atoms with Gasteiger partial charge in [-0.25, -0.2) is 21.8 Å². The van der Waals surface area contributed by atoms with Crippen molar-refractivity contribution in [3.8, 4) is 0 Å². The summed E-state index contributed by atoms with van der Waals surface area (Å²) in [4.78, 5) is 0.511. The van der Waals surface area contributed by atoms with E-state index in [2.05, 4.69) is 10.0 Å². The van der Waals surface area contributed by atoms with Gasteiger partial charge in [0.25, 0.3) is 0 Å². The van der Waals surface area contributed by atoms with Gasteiger partial charge in [0.05, 0.1) is 26.0 Å². The van der Waals surface area contributed by atoms with Gasteiger partial charge in [0.2, 0.25) is 0 Å². The highest BCUT2D eigenvalue weighted by atomic mass is 127. The molecule has 3 aromatic rings. The van der Waals surface area contributed by atoms with Crippen LogP contribution in [-0.4, -0.2) is 9.07 Å². The van der Waals surface area contributed by atoms with E-state index in [1.54, 1.807) is 12.1 Å². The van der Waals surface area contributed by atoms with E-state index >= 15 is 0 Å². The minimum Gasteiger partial charge on any atom is -0.349 e. The minimum absolute atomic E-state index is 0.0615. The van der Waals surface area contributed by atoms with Crippen LogP contribution in [0.3, 0.4) is 0 Å². The first-order valence-electron chi connectivity index (χ1n) is 8.91. The van der Waals surface area contributed by atoms with Crippen molar-refractivity contribution >= 4 is 54.2 Å². The van der Waals surface area contributed by atoms with Crippen LogP contribution in [0.25, 0.3) is 0 Å². The molecule has 0 aromatic heterocycles. The summed E-state index contributed by atoms with van der Waals surface area (Å²) in [6.07, 6.45) is 1.05. The summed E-state index contributed by atoms with van der Waals surface area (Å²) < 4.78 is 74.4. The van der Waals surface area contributed by atoms with E-state index in [1.807, 2.05) is 22.6 Å². The Morgan fingerprint density at radius 2 is 1.53 bits per heavy atom. The first kappa shape index (κ1) is 21.0. The lowest BCUT2D eigenvalue weighted by atomic mass is 10.2. The van der Waals surface area contributed by atoms with Gasteiger partial charge in [-0.1, -0.05) is 12.1 Å². The smallest absolute Gasteiger partial charge is 0.184 e. The van der Waals surface area contributed by atoms with Crippen molar-refractivity contribution in [2.24, 2.45) is 0 Å². The average molecular weight is 546 g/mol. The number of hydrogen-bond acceptors (Lipinski definition) is 2. The van der Waals surface area contributed by atoms with E-state index in [0.29, 0.717) is 21.3 Å². The molecule has 9 heteroatoms. The Balaban J connectivity index is 1.82. The van der Waals surface area contributed by atoms with Crippen LogP contribution in [-0.2, 0) is 9.71 Å². The zero-order valence-corrected chi connectivity index (χ0v) is 18.3. The van der Waals surface area contributed by atoms with Crippen LogP contribution in [0, 0.1) is 26.8 Å². The molecule has 1 aliphatic carbocycles. The molecule has 1 aliphatic rings. The summed E-state index contributed by atoms with van der Waals surface area (Å²) in [7, 11) is -3.25. The molecular formula is C21H15F4IN2OS. The maximum absolute atomic E-state index is 14.7. The summed E-state index contributed by atoms with van der Waals surface area (Å²) in [5.74, 6) is -3.77. The Labute approximate surface area is 184 Å². The van der Waals surface area contributed by atoms with Crippen molar-refractivity contribution in [2.45, 2.75) is 17.7 Å². The van der Waals surface area contributed by atoms with Crippen LogP contribution < -0.4 is 10.0 Å². The predicted molar refractivity (Wildman–Crippen MR) is 119 cm³/mol. The zero-order chi connectivity index (χ0) is 21.5. The van der Waals surface area contributed by atoms with E-state index in [4.69, 9.17) is 0 Å². The van der Waals surface area contributed by atoms with Crippen molar-refractivity contribution in [2.75, 3.05) is 10.0 Å². The highest BCUT2D eigenvalue weighted by Crippen LogP contribution is 2.35. The Kier molecular flexibility index (Phi) is 5.67. The highest BCUT2D eigenvalue weighted by Gasteiger charge is 2.29. The molecule has 0 heterocycles. The third kappa shape index (κ3) is 4.00. The van der Waals surface area contributed by atoms with E-state index in [9.17, 15) is 21.8 Å². The van der Waals surface area contributed by atoms with Crippen LogP contribution in [0.2, 0.25) is 0 Å². The second-order valence-electron chi connectivity index (χ2n) is 6.66. The van der Waals surface area contributed by atoms with Gasteiger partial charge in [0.1, 0.15) is 17.3 Å². The fraction of sp³-hybridized carbons (Fsp3) is 0.0952. The van der Waals surface area contributed by atoms with Crippen LogP contribution in [0.4, 0.5) is 34.6 Å². The molecule has 0 radical (unpaired) electrons. The van der Waals surface area contributed by atoms with Crippen molar-refractivity contribution in [1.82, 2.24) is 0 Å². The van der Waals surface area contributed by atoms with E-state index in [0.717, 1.165) is 6.07 Å². The minimum atomic E-state index is -3.25. The number of anilines is 3. The molecule has 0 aliphatic heterocycles. The summed E-state index contributed by atoms with van der Waals surface area (Å²) in [6.45, 7) is 0. The van der Waals surface area contributed by atoms with Gasteiger partial charge in [0.15, 0.2) is 11.6 Å². The summed E-state index contributed by atoms with van der Waals surface area (Å²) in [6, 6.07) is 11.9. The first-order chi connectivity index (χ1) is 14.3. The molecule has 3 aromatic carbocycles. The SMILES string of the molecule is O=S(Nc1ccc(F)c(F)c1Nc1ccc(I)cc1F)(=C1CC1)c1ccccc1F. The van der Waals surface area contributed by atoms with Gasteiger partial charge >= 0.3 is 0 Å². The number of nitrogens with one attached hydrogen (secondary N) is 2. The van der Waals surface area contributed by atoms with Gasteiger partial charge in [-0.3, -0.25) is 0 Å². The maximum atomic E-state index is 14.7. The molecule has 4 rings (SSSR count). The summed E-state index contributed by atoms with van der Waals surface area (Å²) in [5, 5.41) is 2.54. The summed E-state index contributed by atoms with van der Waals surface area (Å²) >= 11 is 1.92. The number of hydrogen-bond donors (Lipinski definition) is 2. The summed E-state index contributed by atoms with van der Waals surface area (Å²) in [5.41, 5.74) is -0.570. The van der Waals surface area contributed by atoms with Gasteiger partial charge in [-0.15, -0.1) is 0 Å². The number of benzene rings is 3. The van der Waals surface area contributed by atoms with Gasteiger partial charge in [-0.05, 0) is 77.9 Å². The molecule has 1 fully saturated rings. The van der Waals surface area contributed by atoms with Crippen molar-refractivity contribution < 1.29 is 21.8 Å². The molecule has 1 atom stereocenters. The molecule has 2 N–H and O–H groups in total. The molecule has 0 saturated heterocycles. The third-order valence-corrected chi connectivity index (χ3v) is 7.90. The molecule has 0 amide bonds. The standard InChI is InChI=1S/C21H15F4IN2OS/c22-14-3-1-2-4-19(14)30(29,13-6-7-13)28-18-10-8-15(23)20(25)21(18)27-17-9-5-12(26)11-16(17)24/h1-5,8-11,27H,6-7H2,(H,28,29). The van der Waals surface area contributed by atoms with Crippen LogP contribution in [0.15, 0.2) is 59.5 Å². The lowest BCUT2D eigenvalue weighted by Gasteiger charge is -2.20. The molecule has 30 heavy (non-hydrogen) atoms. The Bertz CT molecular complexity index is 1270. The van der Waals surface area contributed by atoms with Crippen molar-refractivity contribution in [1.29, 1.82) is 0 Å². The average Bonchev–Trinajstić information content (AvgIpc) is 3.55. The molecule has 156 valence electrons. The predicted octanol–water partition coefficient (Wildman–Crippen LogP) is 6.23. The van der Waals surface area contributed by atoms with Gasteiger partial charge in [0, 0.05) is 8.43 Å². The maximum Gasteiger partial charge on any atom is 0.184 e. The van der Waals surface area contributed by atoms with Crippen LogP contribution in [0.1, 0.15) is 12.8 Å². The zero-order valence-electron chi connectivity index (χ0n) is 15.3. The quantitative estimate of drug-likeness (QED) is 0.227. The fourth-order valence-corrected chi connectivity index (χ4v) is 5.73. The van der Waals surface area contributed by atoms with Crippen LogP contribution >= 0.6 is 22.6 Å². The molecule has 0 spiro atoms. The second kappa shape index (κ2) is 8.10. The fourth-order valence-electron chi connectivity index (χ4n) is 2.94. The van der Waals surface area contributed by atoms with Crippen molar-refractivity contribution in [3.63, 3.8) is 0 Å². The van der Waals surface area contributed by atoms with E-state index < -0.39 is 38.7 Å². The molecule has 1 saturated carbocycles. The monoisotopic (exact) mass is 546 g/mol. The van der Waals surface area contributed by atoms with Crippen LogP contribution in [0.5, 0.6) is 0 Å². The van der Waals surface area contributed by atoms with Gasteiger partial charge in [-0.2, -0.15) is 0 Å². The Morgan fingerprint density at radius 1 is 0.833 bits per heavy atom. The van der Waals surface area contributed by atoms with E-state index in [-0.39, 0.29) is 16.3 Å². The van der Waals surface area contributed by atoms with Gasteiger partial charge < -0.3 is 10.0 Å². The number of halogens is 5. The Hall–Kier alpha value is -2.27.